The van der Waals surface area contributed by atoms with Gasteiger partial charge in [0.05, 0.1) is 6.21 Å². The summed E-state index contributed by atoms with van der Waals surface area (Å²) in [5, 5.41) is 5.92. The fraction of sp³-hybridized carbons (Fsp3) is 0.250. The number of hydrogen-bond acceptors (Lipinski definition) is 2. The Morgan fingerprint density at radius 2 is 2.07 bits per heavy atom. The molecule has 0 unspecified atom stereocenters. The van der Waals surface area contributed by atoms with Crippen LogP contribution in [0.15, 0.2) is 53.8 Å². The SMILES string of the molecule is C=C/C=C\N(C)/N=C\C(=C\C)C(=C)C. The van der Waals surface area contributed by atoms with Crippen LogP contribution in [0.25, 0.3) is 0 Å². The fourth-order valence-corrected chi connectivity index (χ4v) is 0.808. The molecule has 14 heavy (non-hydrogen) atoms. The maximum absolute atomic E-state index is 4.20. The first kappa shape index (κ1) is 12.4. The predicted octanol–water partition coefficient (Wildman–Crippen LogP) is 3.13. The number of hydrazone groups is 1. The summed E-state index contributed by atoms with van der Waals surface area (Å²) in [7, 11) is 1.86. The molecule has 0 atom stereocenters. The summed E-state index contributed by atoms with van der Waals surface area (Å²) in [4.78, 5) is 0. The lowest BCUT2D eigenvalue weighted by atomic mass is 10.1. The quantitative estimate of drug-likeness (QED) is 0.369. The summed E-state index contributed by atoms with van der Waals surface area (Å²) in [6.07, 6.45) is 9.14. The molecule has 0 aromatic carbocycles. The zero-order chi connectivity index (χ0) is 11.0. The number of allylic oxidation sites excluding steroid dienone is 5. The van der Waals surface area contributed by atoms with E-state index in [-0.39, 0.29) is 0 Å². The molecule has 0 rings (SSSR count). The molecule has 0 aliphatic carbocycles. The fourth-order valence-electron chi connectivity index (χ4n) is 0.808. The maximum atomic E-state index is 4.20. The van der Waals surface area contributed by atoms with Crippen LogP contribution in [-0.4, -0.2) is 18.3 Å². The van der Waals surface area contributed by atoms with Gasteiger partial charge < -0.3 is 0 Å². The largest absolute Gasteiger partial charge is 0.276 e. The van der Waals surface area contributed by atoms with E-state index < -0.39 is 0 Å². The Bertz CT molecular complexity index is 283. The lowest BCUT2D eigenvalue weighted by Gasteiger charge is -2.06. The minimum Gasteiger partial charge on any atom is -0.276 e. The Morgan fingerprint density at radius 3 is 2.50 bits per heavy atom. The van der Waals surface area contributed by atoms with Crippen molar-refractivity contribution >= 4 is 6.21 Å². The van der Waals surface area contributed by atoms with E-state index >= 15 is 0 Å². The molecule has 0 spiro atoms. The van der Waals surface area contributed by atoms with Crippen molar-refractivity contribution in [3.05, 3.63) is 48.7 Å². The standard InChI is InChI=1S/C12H18N2/c1-6-8-9-14(5)13-10-12(7-2)11(3)4/h6-10H,1,3H2,2,4-5H3/b9-8-,12-7-,13-10-. The van der Waals surface area contributed by atoms with E-state index in [9.17, 15) is 0 Å². The molecule has 0 N–H and O–H groups in total. The Hall–Kier alpha value is -1.57. The van der Waals surface area contributed by atoms with Gasteiger partial charge in [-0.05, 0) is 31.1 Å². The molecule has 0 radical (unpaired) electrons. The zero-order valence-electron chi connectivity index (χ0n) is 9.20. The van der Waals surface area contributed by atoms with Gasteiger partial charge in [0.25, 0.3) is 0 Å². The zero-order valence-corrected chi connectivity index (χ0v) is 9.20. The van der Waals surface area contributed by atoms with Crippen molar-refractivity contribution in [2.75, 3.05) is 7.05 Å². The monoisotopic (exact) mass is 190 g/mol. The first-order valence-corrected chi connectivity index (χ1v) is 4.50. The Kier molecular flexibility index (Phi) is 6.12. The predicted molar refractivity (Wildman–Crippen MR) is 64.2 cm³/mol. The molecule has 0 amide bonds. The lowest BCUT2D eigenvalue weighted by Crippen LogP contribution is -2.01. The van der Waals surface area contributed by atoms with Crippen LogP contribution in [0.1, 0.15) is 13.8 Å². The second-order valence-electron chi connectivity index (χ2n) is 2.92. The molecule has 2 heteroatoms. The minimum atomic E-state index is 1.01. The maximum Gasteiger partial charge on any atom is 0.0545 e. The summed E-state index contributed by atoms with van der Waals surface area (Å²) in [6.45, 7) is 11.4. The van der Waals surface area contributed by atoms with Crippen molar-refractivity contribution in [3.8, 4) is 0 Å². The van der Waals surface area contributed by atoms with Crippen molar-refractivity contribution in [2.24, 2.45) is 5.10 Å². The van der Waals surface area contributed by atoms with E-state index in [4.69, 9.17) is 0 Å². The summed E-state index contributed by atoms with van der Waals surface area (Å²) < 4.78 is 0. The average molecular weight is 190 g/mol. The second-order valence-corrected chi connectivity index (χ2v) is 2.92. The van der Waals surface area contributed by atoms with Gasteiger partial charge in [-0.25, -0.2) is 0 Å². The molecular formula is C12H18N2. The molecule has 0 saturated heterocycles. The van der Waals surface area contributed by atoms with E-state index in [1.807, 2.05) is 39.2 Å². The van der Waals surface area contributed by atoms with Crippen LogP contribution in [0.2, 0.25) is 0 Å². The average Bonchev–Trinajstić information content (AvgIpc) is 2.15. The molecule has 0 aromatic rings. The van der Waals surface area contributed by atoms with Crippen LogP contribution in [-0.2, 0) is 0 Å². The van der Waals surface area contributed by atoms with Crippen molar-refractivity contribution in [3.63, 3.8) is 0 Å². The van der Waals surface area contributed by atoms with Crippen LogP contribution in [0.3, 0.4) is 0 Å². The first-order chi connectivity index (χ1) is 6.61. The summed E-state index contributed by atoms with van der Waals surface area (Å²) in [6, 6.07) is 0. The van der Waals surface area contributed by atoms with Crippen molar-refractivity contribution in [1.82, 2.24) is 5.01 Å². The van der Waals surface area contributed by atoms with E-state index in [1.165, 1.54) is 0 Å². The molecule has 0 bridgehead atoms. The van der Waals surface area contributed by atoms with Gasteiger partial charge in [0.2, 0.25) is 0 Å². The van der Waals surface area contributed by atoms with Crippen molar-refractivity contribution in [2.45, 2.75) is 13.8 Å². The topological polar surface area (TPSA) is 15.6 Å². The smallest absolute Gasteiger partial charge is 0.0545 e. The van der Waals surface area contributed by atoms with Crippen molar-refractivity contribution < 1.29 is 0 Å². The number of nitrogens with zero attached hydrogens (tertiary/aromatic N) is 2. The van der Waals surface area contributed by atoms with Crippen LogP contribution < -0.4 is 0 Å². The number of rotatable bonds is 5. The summed E-state index contributed by atoms with van der Waals surface area (Å²) in [5.41, 5.74) is 2.06. The highest BCUT2D eigenvalue weighted by Gasteiger charge is 1.91. The molecule has 0 aromatic heterocycles. The van der Waals surface area contributed by atoms with Crippen LogP contribution >= 0.6 is 0 Å². The van der Waals surface area contributed by atoms with Crippen LogP contribution in [0, 0.1) is 0 Å². The third-order valence-electron chi connectivity index (χ3n) is 1.62. The molecule has 0 aliphatic rings. The second kappa shape index (κ2) is 6.89. The third-order valence-corrected chi connectivity index (χ3v) is 1.62. The van der Waals surface area contributed by atoms with Gasteiger partial charge in [-0.3, -0.25) is 5.01 Å². The number of hydrogen-bond donors (Lipinski definition) is 0. The third kappa shape index (κ3) is 5.14. The Balaban J connectivity index is 4.35. The minimum absolute atomic E-state index is 1.01. The van der Waals surface area contributed by atoms with Gasteiger partial charge in [0, 0.05) is 13.2 Å². The summed E-state index contributed by atoms with van der Waals surface area (Å²) in [5.74, 6) is 0. The van der Waals surface area contributed by atoms with Crippen molar-refractivity contribution in [1.29, 1.82) is 0 Å². The lowest BCUT2D eigenvalue weighted by molar-refractivity contribution is 0.493. The Labute approximate surface area is 86.6 Å². The Morgan fingerprint density at radius 1 is 1.43 bits per heavy atom. The van der Waals surface area contributed by atoms with E-state index in [2.05, 4.69) is 18.3 Å². The van der Waals surface area contributed by atoms with Gasteiger partial charge in [0.1, 0.15) is 0 Å². The van der Waals surface area contributed by atoms with E-state index in [0.717, 1.165) is 11.1 Å². The highest BCUT2D eigenvalue weighted by molar-refractivity contribution is 5.83. The van der Waals surface area contributed by atoms with Gasteiger partial charge in [-0.1, -0.05) is 25.3 Å². The van der Waals surface area contributed by atoms with Gasteiger partial charge in [-0.15, -0.1) is 0 Å². The van der Waals surface area contributed by atoms with Crippen LogP contribution in [0.5, 0.6) is 0 Å². The first-order valence-electron chi connectivity index (χ1n) is 4.50. The molecule has 76 valence electrons. The van der Waals surface area contributed by atoms with E-state index in [0.29, 0.717) is 0 Å². The molecule has 0 saturated carbocycles. The van der Waals surface area contributed by atoms with E-state index in [1.54, 1.807) is 17.3 Å². The molecule has 0 aliphatic heterocycles. The van der Waals surface area contributed by atoms with Gasteiger partial charge >= 0.3 is 0 Å². The molecular weight excluding hydrogens is 172 g/mol. The molecule has 0 heterocycles. The molecule has 0 fully saturated rings. The van der Waals surface area contributed by atoms with Gasteiger partial charge in [0.15, 0.2) is 0 Å². The molecule has 2 nitrogen and oxygen atoms in total. The van der Waals surface area contributed by atoms with Gasteiger partial charge in [-0.2, -0.15) is 5.10 Å². The highest BCUT2D eigenvalue weighted by atomic mass is 15.4. The van der Waals surface area contributed by atoms with Crippen LogP contribution in [0.4, 0.5) is 0 Å². The summed E-state index contributed by atoms with van der Waals surface area (Å²) >= 11 is 0. The highest BCUT2D eigenvalue weighted by Crippen LogP contribution is 2.03. The normalized spacial score (nSPS) is 12.4.